The Hall–Kier alpha value is -0.900. The van der Waals surface area contributed by atoms with E-state index in [1.807, 2.05) is 20.3 Å². The van der Waals surface area contributed by atoms with Crippen molar-refractivity contribution in [2.45, 2.75) is 32.7 Å². The maximum Gasteiger partial charge on any atom is 0.0830 e. The molecule has 80 valence electrons. The van der Waals surface area contributed by atoms with Crippen molar-refractivity contribution >= 4 is 0 Å². The van der Waals surface area contributed by atoms with Crippen molar-refractivity contribution in [1.29, 1.82) is 0 Å². The highest BCUT2D eigenvalue weighted by molar-refractivity contribution is 4.94. The maximum absolute atomic E-state index is 4.09. The minimum absolute atomic E-state index is 0.567. The first-order chi connectivity index (χ1) is 6.67. The van der Waals surface area contributed by atoms with Gasteiger partial charge in [-0.3, -0.25) is 4.68 Å². The van der Waals surface area contributed by atoms with E-state index < -0.39 is 0 Å². The standard InChI is InChI=1S/C10H20N4/c1-5-10(11-3)8(2)6-9-7-14(4)13-12-9/h7-8,10-11H,5-6H2,1-4H3. The van der Waals surface area contributed by atoms with Gasteiger partial charge in [-0.25, -0.2) is 0 Å². The SMILES string of the molecule is CCC(NC)C(C)Cc1cn(C)nn1. The van der Waals surface area contributed by atoms with Crippen LogP contribution in [0, 0.1) is 5.92 Å². The van der Waals surface area contributed by atoms with Gasteiger partial charge >= 0.3 is 0 Å². The summed E-state index contributed by atoms with van der Waals surface area (Å²) < 4.78 is 1.75. The molecule has 1 heterocycles. The highest BCUT2D eigenvalue weighted by Gasteiger charge is 2.14. The van der Waals surface area contributed by atoms with Crippen LogP contribution >= 0.6 is 0 Å². The van der Waals surface area contributed by atoms with Crippen LogP contribution in [0.2, 0.25) is 0 Å². The number of aryl methyl sites for hydroxylation is 1. The van der Waals surface area contributed by atoms with Crippen LogP contribution < -0.4 is 5.32 Å². The monoisotopic (exact) mass is 196 g/mol. The summed E-state index contributed by atoms with van der Waals surface area (Å²) in [5.74, 6) is 0.599. The molecule has 14 heavy (non-hydrogen) atoms. The van der Waals surface area contributed by atoms with Gasteiger partial charge in [-0.05, 0) is 25.8 Å². The molecule has 0 aromatic carbocycles. The van der Waals surface area contributed by atoms with Crippen molar-refractivity contribution in [3.63, 3.8) is 0 Å². The molecule has 0 saturated carbocycles. The van der Waals surface area contributed by atoms with Gasteiger partial charge in [0, 0.05) is 19.3 Å². The van der Waals surface area contributed by atoms with E-state index in [0.29, 0.717) is 12.0 Å². The number of hydrogen-bond acceptors (Lipinski definition) is 3. The highest BCUT2D eigenvalue weighted by Crippen LogP contribution is 2.11. The van der Waals surface area contributed by atoms with Gasteiger partial charge in [0.25, 0.3) is 0 Å². The molecule has 1 aromatic heterocycles. The van der Waals surface area contributed by atoms with E-state index in [1.54, 1.807) is 4.68 Å². The quantitative estimate of drug-likeness (QED) is 0.763. The van der Waals surface area contributed by atoms with Crippen LogP contribution in [-0.4, -0.2) is 28.1 Å². The van der Waals surface area contributed by atoms with Gasteiger partial charge in [0.15, 0.2) is 0 Å². The number of nitrogens with one attached hydrogen (secondary N) is 1. The normalized spacial score (nSPS) is 15.4. The third-order valence-corrected chi connectivity index (χ3v) is 2.68. The first-order valence-electron chi connectivity index (χ1n) is 5.19. The van der Waals surface area contributed by atoms with Crippen LogP contribution in [0.25, 0.3) is 0 Å². The lowest BCUT2D eigenvalue weighted by Gasteiger charge is -2.20. The van der Waals surface area contributed by atoms with Gasteiger partial charge in [-0.2, -0.15) is 0 Å². The van der Waals surface area contributed by atoms with Gasteiger partial charge in [0.1, 0.15) is 0 Å². The second kappa shape index (κ2) is 5.10. The van der Waals surface area contributed by atoms with Crippen LogP contribution in [0.5, 0.6) is 0 Å². The molecule has 1 N–H and O–H groups in total. The molecule has 0 aliphatic carbocycles. The van der Waals surface area contributed by atoms with E-state index in [-0.39, 0.29) is 0 Å². The lowest BCUT2D eigenvalue weighted by molar-refractivity contribution is 0.384. The molecular weight excluding hydrogens is 176 g/mol. The van der Waals surface area contributed by atoms with Crippen molar-refractivity contribution in [2.75, 3.05) is 7.05 Å². The minimum atomic E-state index is 0.567. The molecule has 4 nitrogen and oxygen atoms in total. The van der Waals surface area contributed by atoms with E-state index in [4.69, 9.17) is 0 Å². The van der Waals surface area contributed by atoms with Crippen LogP contribution in [0.4, 0.5) is 0 Å². The Kier molecular flexibility index (Phi) is 4.07. The topological polar surface area (TPSA) is 42.7 Å². The molecule has 0 aliphatic heterocycles. The molecule has 1 aromatic rings. The minimum Gasteiger partial charge on any atom is -0.317 e. The summed E-state index contributed by atoms with van der Waals surface area (Å²) in [7, 11) is 3.91. The fourth-order valence-electron chi connectivity index (χ4n) is 1.85. The van der Waals surface area contributed by atoms with E-state index in [0.717, 1.165) is 18.5 Å². The summed E-state index contributed by atoms with van der Waals surface area (Å²) >= 11 is 0. The third kappa shape index (κ3) is 2.80. The average Bonchev–Trinajstić information content (AvgIpc) is 2.53. The smallest absolute Gasteiger partial charge is 0.0830 e. The van der Waals surface area contributed by atoms with E-state index in [2.05, 4.69) is 29.5 Å². The van der Waals surface area contributed by atoms with Crippen molar-refractivity contribution < 1.29 is 0 Å². The lowest BCUT2D eigenvalue weighted by Crippen LogP contribution is -2.32. The second-order valence-corrected chi connectivity index (χ2v) is 3.87. The average molecular weight is 196 g/mol. The fraction of sp³-hybridized carbons (Fsp3) is 0.800. The van der Waals surface area contributed by atoms with Gasteiger partial charge in [0.2, 0.25) is 0 Å². The Morgan fingerprint density at radius 1 is 1.57 bits per heavy atom. The fourth-order valence-corrected chi connectivity index (χ4v) is 1.85. The lowest BCUT2D eigenvalue weighted by atomic mass is 9.95. The number of aromatic nitrogens is 3. The zero-order valence-corrected chi connectivity index (χ0v) is 9.49. The van der Waals surface area contributed by atoms with Crippen molar-refractivity contribution in [3.05, 3.63) is 11.9 Å². The molecule has 0 aliphatic rings. The molecule has 4 heteroatoms. The Labute approximate surface area is 85.7 Å². The van der Waals surface area contributed by atoms with Crippen LogP contribution in [-0.2, 0) is 13.5 Å². The first-order valence-corrected chi connectivity index (χ1v) is 5.19. The van der Waals surface area contributed by atoms with Crippen molar-refractivity contribution in [1.82, 2.24) is 20.3 Å². The molecule has 0 amide bonds. The van der Waals surface area contributed by atoms with Crippen molar-refractivity contribution in [3.8, 4) is 0 Å². The second-order valence-electron chi connectivity index (χ2n) is 3.87. The number of nitrogens with zero attached hydrogens (tertiary/aromatic N) is 3. The summed E-state index contributed by atoms with van der Waals surface area (Å²) in [5, 5.41) is 11.3. The van der Waals surface area contributed by atoms with Gasteiger partial charge in [0.05, 0.1) is 5.69 Å². The Morgan fingerprint density at radius 2 is 2.29 bits per heavy atom. The highest BCUT2D eigenvalue weighted by atomic mass is 15.4. The largest absolute Gasteiger partial charge is 0.317 e. The molecule has 0 saturated heterocycles. The molecule has 2 atom stereocenters. The molecule has 0 spiro atoms. The predicted octanol–water partition coefficient (Wildman–Crippen LogP) is 0.992. The first kappa shape index (κ1) is 11.2. The predicted molar refractivity (Wildman–Crippen MR) is 57.0 cm³/mol. The molecule has 1 rings (SSSR count). The van der Waals surface area contributed by atoms with Crippen LogP contribution in [0.3, 0.4) is 0 Å². The summed E-state index contributed by atoms with van der Waals surface area (Å²) in [4.78, 5) is 0. The van der Waals surface area contributed by atoms with E-state index >= 15 is 0 Å². The Bertz CT molecular complexity index is 265. The number of rotatable bonds is 5. The third-order valence-electron chi connectivity index (χ3n) is 2.68. The van der Waals surface area contributed by atoms with Crippen molar-refractivity contribution in [2.24, 2.45) is 13.0 Å². The van der Waals surface area contributed by atoms with Gasteiger partial charge < -0.3 is 5.32 Å². The molecule has 0 radical (unpaired) electrons. The Balaban J connectivity index is 2.51. The molecule has 0 fully saturated rings. The number of hydrogen-bond donors (Lipinski definition) is 1. The summed E-state index contributed by atoms with van der Waals surface area (Å²) in [5.41, 5.74) is 1.08. The molecular formula is C10H20N4. The van der Waals surface area contributed by atoms with E-state index in [9.17, 15) is 0 Å². The molecule has 0 bridgehead atoms. The van der Waals surface area contributed by atoms with Gasteiger partial charge in [-0.1, -0.05) is 19.1 Å². The Morgan fingerprint density at radius 3 is 2.71 bits per heavy atom. The summed E-state index contributed by atoms with van der Waals surface area (Å²) in [6.07, 6.45) is 4.13. The van der Waals surface area contributed by atoms with Gasteiger partial charge in [-0.15, -0.1) is 5.10 Å². The zero-order valence-electron chi connectivity index (χ0n) is 9.49. The maximum atomic E-state index is 4.09. The molecule has 2 unspecified atom stereocenters. The van der Waals surface area contributed by atoms with Crippen LogP contribution in [0.15, 0.2) is 6.20 Å². The summed E-state index contributed by atoms with van der Waals surface area (Å²) in [6, 6.07) is 0.567. The van der Waals surface area contributed by atoms with E-state index in [1.165, 1.54) is 0 Å². The summed E-state index contributed by atoms with van der Waals surface area (Å²) in [6.45, 7) is 4.45. The van der Waals surface area contributed by atoms with Crippen LogP contribution in [0.1, 0.15) is 26.0 Å². The zero-order chi connectivity index (χ0) is 10.6.